The lowest BCUT2D eigenvalue weighted by Crippen LogP contribution is -1.94. The topological polar surface area (TPSA) is 0 Å². The molecule has 0 aromatic rings. The maximum Gasteiger partial charge on any atom is -0.0262 e. The maximum absolute atomic E-state index is 3.71. The quantitative estimate of drug-likeness (QED) is 0.524. The molecule has 0 aliphatic carbocycles. The standard InChI is InChI=1S/C8H16.C2H6/c1-5-8(4)6-7(2)3;1-2/h5,7-8H,1,6H2,2-4H3;1-2H3. The first-order valence-electron chi connectivity index (χ1n) is 4.29. The molecule has 0 spiro atoms. The second kappa shape index (κ2) is 8.74. The summed E-state index contributed by atoms with van der Waals surface area (Å²) in [6.45, 7) is 14.4. The number of hydrogen-bond donors (Lipinski definition) is 0. The summed E-state index contributed by atoms with van der Waals surface area (Å²) in [5.41, 5.74) is 0. The van der Waals surface area contributed by atoms with E-state index in [2.05, 4.69) is 27.4 Å². The molecule has 1 atom stereocenters. The number of hydrogen-bond acceptors (Lipinski definition) is 0. The van der Waals surface area contributed by atoms with Crippen LogP contribution in [0.2, 0.25) is 0 Å². The second-order valence-corrected chi connectivity index (χ2v) is 2.84. The van der Waals surface area contributed by atoms with Crippen LogP contribution >= 0.6 is 0 Å². The average molecular weight is 142 g/mol. The largest absolute Gasteiger partial charge is 0.103 e. The van der Waals surface area contributed by atoms with Crippen LogP contribution in [0.5, 0.6) is 0 Å². The molecular formula is C10H22. The highest BCUT2D eigenvalue weighted by molar-refractivity contribution is 4.75. The van der Waals surface area contributed by atoms with Crippen LogP contribution in [-0.4, -0.2) is 0 Å². The summed E-state index contributed by atoms with van der Waals surface area (Å²) >= 11 is 0. The molecule has 0 radical (unpaired) electrons. The molecule has 0 rings (SSSR count). The molecule has 62 valence electrons. The Morgan fingerprint density at radius 1 is 1.20 bits per heavy atom. The van der Waals surface area contributed by atoms with Gasteiger partial charge in [-0.05, 0) is 18.3 Å². The Morgan fingerprint density at radius 3 is 1.70 bits per heavy atom. The average Bonchev–Trinajstić information content (AvgIpc) is 1.91. The van der Waals surface area contributed by atoms with Crippen molar-refractivity contribution in [3.05, 3.63) is 12.7 Å². The lowest BCUT2D eigenvalue weighted by atomic mass is 9.99. The van der Waals surface area contributed by atoms with Crippen LogP contribution in [0.15, 0.2) is 12.7 Å². The van der Waals surface area contributed by atoms with E-state index in [1.807, 2.05) is 19.9 Å². The Kier molecular flexibility index (Phi) is 10.9. The minimum Gasteiger partial charge on any atom is -0.103 e. The zero-order chi connectivity index (χ0) is 8.57. The highest BCUT2D eigenvalue weighted by Gasteiger charge is 1.97. The molecule has 0 heteroatoms. The Bertz CT molecular complexity index is 62.4. The van der Waals surface area contributed by atoms with Crippen LogP contribution < -0.4 is 0 Å². The van der Waals surface area contributed by atoms with Crippen molar-refractivity contribution in [1.82, 2.24) is 0 Å². The molecule has 0 heterocycles. The zero-order valence-corrected chi connectivity index (χ0v) is 8.15. The smallest absolute Gasteiger partial charge is 0.0262 e. The van der Waals surface area contributed by atoms with Crippen LogP contribution in [0.4, 0.5) is 0 Å². The third-order valence-electron chi connectivity index (χ3n) is 1.25. The fourth-order valence-corrected chi connectivity index (χ4v) is 0.840. The zero-order valence-electron chi connectivity index (χ0n) is 8.15. The van der Waals surface area contributed by atoms with Crippen molar-refractivity contribution >= 4 is 0 Å². The van der Waals surface area contributed by atoms with Gasteiger partial charge in [-0.2, -0.15) is 0 Å². The van der Waals surface area contributed by atoms with Crippen molar-refractivity contribution in [2.45, 2.75) is 41.0 Å². The van der Waals surface area contributed by atoms with E-state index in [1.54, 1.807) is 0 Å². The molecule has 0 aliphatic rings. The first-order chi connectivity index (χ1) is 4.66. The van der Waals surface area contributed by atoms with Gasteiger partial charge in [0.15, 0.2) is 0 Å². The SMILES string of the molecule is C=CC(C)CC(C)C.CC. The minimum atomic E-state index is 0.690. The van der Waals surface area contributed by atoms with Gasteiger partial charge in [0.1, 0.15) is 0 Å². The summed E-state index contributed by atoms with van der Waals surface area (Å²) in [5.74, 6) is 1.50. The van der Waals surface area contributed by atoms with Gasteiger partial charge in [-0.1, -0.05) is 40.7 Å². The molecule has 1 unspecified atom stereocenters. The van der Waals surface area contributed by atoms with Gasteiger partial charge in [0.05, 0.1) is 0 Å². The summed E-state index contributed by atoms with van der Waals surface area (Å²) < 4.78 is 0. The molecule has 0 saturated carbocycles. The molecule has 0 N–H and O–H groups in total. The van der Waals surface area contributed by atoms with Crippen molar-refractivity contribution in [3.8, 4) is 0 Å². The van der Waals surface area contributed by atoms with Crippen LogP contribution in [-0.2, 0) is 0 Å². The number of allylic oxidation sites excluding steroid dienone is 1. The Hall–Kier alpha value is -0.260. The third kappa shape index (κ3) is 10.7. The van der Waals surface area contributed by atoms with E-state index in [0.29, 0.717) is 5.92 Å². The van der Waals surface area contributed by atoms with Gasteiger partial charge in [-0.25, -0.2) is 0 Å². The van der Waals surface area contributed by atoms with Gasteiger partial charge in [-0.15, -0.1) is 6.58 Å². The van der Waals surface area contributed by atoms with Crippen molar-refractivity contribution in [2.75, 3.05) is 0 Å². The normalized spacial score (nSPS) is 11.8. The van der Waals surface area contributed by atoms with Crippen LogP contribution in [0.1, 0.15) is 41.0 Å². The summed E-state index contributed by atoms with van der Waals surface area (Å²) in [4.78, 5) is 0. The summed E-state index contributed by atoms with van der Waals surface area (Å²) in [5, 5.41) is 0. The Labute approximate surface area is 66.3 Å². The summed E-state index contributed by atoms with van der Waals surface area (Å²) in [6.07, 6.45) is 3.28. The van der Waals surface area contributed by atoms with Crippen molar-refractivity contribution in [3.63, 3.8) is 0 Å². The summed E-state index contributed by atoms with van der Waals surface area (Å²) in [7, 11) is 0. The Morgan fingerprint density at radius 2 is 1.60 bits per heavy atom. The van der Waals surface area contributed by atoms with E-state index in [1.165, 1.54) is 6.42 Å². The number of rotatable bonds is 3. The molecule has 0 aromatic carbocycles. The van der Waals surface area contributed by atoms with E-state index < -0.39 is 0 Å². The highest BCUT2D eigenvalue weighted by atomic mass is 14.0. The van der Waals surface area contributed by atoms with Gasteiger partial charge >= 0.3 is 0 Å². The van der Waals surface area contributed by atoms with Crippen molar-refractivity contribution < 1.29 is 0 Å². The van der Waals surface area contributed by atoms with Gasteiger partial charge < -0.3 is 0 Å². The van der Waals surface area contributed by atoms with Crippen molar-refractivity contribution in [2.24, 2.45) is 11.8 Å². The molecular weight excluding hydrogens is 120 g/mol. The van der Waals surface area contributed by atoms with Gasteiger partial charge in [0.25, 0.3) is 0 Å². The Balaban J connectivity index is 0. The predicted octanol–water partition coefficient (Wildman–Crippen LogP) is 3.88. The van der Waals surface area contributed by atoms with Crippen molar-refractivity contribution in [1.29, 1.82) is 0 Å². The monoisotopic (exact) mass is 142 g/mol. The molecule has 0 amide bonds. The lowest BCUT2D eigenvalue weighted by molar-refractivity contribution is 0.503. The minimum absolute atomic E-state index is 0.690. The third-order valence-corrected chi connectivity index (χ3v) is 1.25. The summed E-state index contributed by atoms with van der Waals surface area (Å²) in [6, 6.07) is 0. The van der Waals surface area contributed by atoms with Gasteiger partial charge in [-0.3, -0.25) is 0 Å². The van der Waals surface area contributed by atoms with E-state index in [4.69, 9.17) is 0 Å². The van der Waals surface area contributed by atoms with E-state index in [0.717, 1.165) is 5.92 Å². The van der Waals surface area contributed by atoms with E-state index >= 15 is 0 Å². The van der Waals surface area contributed by atoms with Crippen LogP contribution in [0.25, 0.3) is 0 Å². The molecule has 0 nitrogen and oxygen atoms in total. The highest BCUT2D eigenvalue weighted by Crippen LogP contribution is 2.10. The first-order valence-corrected chi connectivity index (χ1v) is 4.29. The molecule has 0 aliphatic heterocycles. The van der Waals surface area contributed by atoms with Crippen LogP contribution in [0, 0.1) is 11.8 Å². The molecule has 0 saturated heterocycles. The molecule has 0 bridgehead atoms. The van der Waals surface area contributed by atoms with E-state index in [-0.39, 0.29) is 0 Å². The van der Waals surface area contributed by atoms with Crippen LogP contribution in [0.3, 0.4) is 0 Å². The molecule has 0 fully saturated rings. The molecule has 10 heavy (non-hydrogen) atoms. The molecule has 0 aromatic heterocycles. The predicted molar refractivity (Wildman–Crippen MR) is 50.2 cm³/mol. The van der Waals surface area contributed by atoms with Gasteiger partial charge in [0.2, 0.25) is 0 Å². The first kappa shape index (κ1) is 12.4. The lowest BCUT2D eigenvalue weighted by Gasteiger charge is -2.06. The maximum atomic E-state index is 3.71. The fourth-order valence-electron chi connectivity index (χ4n) is 0.840. The van der Waals surface area contributed by atoms with E-state index in [9.17, 15) is 0 Å². The van der Waals surface area contributed by atoms with Gasteiger partial charge in [0, 0.05) is 0 Å². The fraction of sp³-hybridized carbons (Fsp3) is 0.800. The second-order valence-electron chi connectivity index (χ2n) is 2.84.